The number of rotatable bonds is 6. The third kappa shape index (κ3) is 4.48. The molecular weight excluding hydrogens is 508 g/mol. The van der Waals surface area contributed by atoms with Crippen molar-refractivity contribution in [2.45, 2.75) is 26.8 Å². The molecule has 0 fully saturated rings. The summed E-state index contributed by atoms with van der Waals surface area (Å²) in [5.41, 5.74) is 2.29. The van der Waals surface area contributed by atoms with Gasteiger partial charge in [0.15, 0.2) is 4.80 Å². The average molecular weight is 531 g/mol. The second kappa shape index (κ2) is 10.0. The summed E-state index contributed by atoms with van der Waals surface area (Å²) in [6.07, 6.45) is 5.01. The Balaban J connectivity index is 1.70. The summed E-state index contributed by atoms with van der Waals surface area (Å²) in [7, 11) is 0. The number of benzene rings is 1. The fourth-order valence-corrected chi connectivity index (χ4v) is 5.35. The lowest BCUT2D eigenvalue weighted by atomic mass is 10.0. The van der Waals surface area contributed by atoms with Crippen molar-refractivity contribution in [3.05, 3.63) is 113 Å². The minimum absolute atomic E-state index is 0.0735. The minimum Gasteiger partial charge on any atom is -0.463 e. The van der Waals surface area contributed by atoms with Gasteiger partial charge >= 0.3 is 5.97 Å². The maximum Gasteiger partial charge on any atom is 0.338 e. The molecule has 0 saturated carbocycles. The van der Waals surface area contributed by atoms with E-state index in [0.717, 1.165) is 11.1 Å². The number of esters is 1. The second-order valence-corrected chi connectivity index (χ2v) is 9.55. The highest BCUT2D eigenvalue weighted by atomic mass is 32.1. The van der Waals surface area contributed by atoms with E-state index < -0.39 is 16.9 Å². The number of furan rings is 1. The number of carbonyl (C=O) groups is 1. The fourth-order valence-electron chi connectivity index (χ4n) is 4.31. The largest absolute Gasteiger partial charge is 0.463 e. The molecule has 38 heavy (non-hydrogen) atoms. The summed E-state index contributed by atoms with van der Waals surface area (Å²) in [4.78, 5) is 46.6. The lowest BCUT2D eigenvalue weighted by Gasteiger charge is -2.22. The molecule has 0 radical (unpaired) electrons. The monoisotopic (exact) mass is 530 g/mol. The van der Waals surface area contributed by atoms with E-state index >= 15 is 0 Å². The zero-order valence-corrected chi connectivity index (χ0v) is 21.5. The van der Waals surface area contributed by atoms with E-state index in [9.17, 15) is 19.7 Å². The van der Waals surface area contributed by atoms with Crippen LogP contribution in [0, 0.1) is 17.0 Å². The van der Waals surface area contributed by atoms with Crippen molar-refractivity contribution in [2.24, 2.45) is 4.99 Å². The summed E-state index contributed by atoms with van der Waals surface area (Å²) in [6, 6.07) is 10.5. The number of allylic oxidation sites excluding steroid dienone is 1. The van der Waals surface area contributed by atoms with Gasteiger partial charge in [-0.15, -0.1) is 0 Å². The smallest absolute Gasteiger partial charge is 0.338 e. The highest BCUT2D eigenvalue weighted by molar-refractivity contribution is 7.07. The quantitative estimate of drug-likeness (QED) is 0.211. The SMILES string of the molecule is CCOC(=O)C1=C(C)N=c2s/c(=C\c3ccncc3)c(=O)n2[C@@H]1c1ccc(-c2cc([N+](=O)[O-])ccc2C)o1. The third-order valence-electron chi connectivity index (χ3n) is 6.11. The summed E-state index contributed by atoms with van der Waals surface area (Å²) in [5, 5.41) is 11.3. The molecule has 10 nitrogen and oxygen atoms in total. The molecule has 0 aliphatic carbocycles. The first-order chi connectivity index (χ1) is 18.3. The van der Waals surface area contributed by atoms with E-state index in [4.69, 9.17) is 9.15 Å². The molecule has 3 aromatic heterocycles. The molecule has 0 bridgehead atoms. The summed E-state index contributed by atoms with van der Waals surface area (Å²) in [6.45, 7) is 5.35. The van der Waals surface area contributed by atoms with Crippen molar-refractivity contribution in [3.8, 4) is 11.3 Å². The fraction of sp³-hybridized carbons (Fsp3) is 0.185. The van der Waals surface area contributed by atoms with Crippen molar-refractivity contribution in [1.82, 2.24) is 9.55 Å². The van der Waals surface area contributed by atoms with Gasteiger partial charge < -0.3 is 9.15 Å². The van der Waals surface area contributed by atoms with Crippen LogP contribution in [0.5, 0.6) is 0 Å². The number of non-ortho nitro benzene ring substituents is 1. The number of fused-ring (bicyclic) bond motifs is 1. The van der Waals surface area contributed by atoms with Gasteiger partial charge in [0.2, 0.25) is 0 Å². The number of pyridine rings is 1. The highest BCUT2D eigenvalue weighted by Crippen LogP contribution is 2.35. The maximum absolute atomic E-state index is 13.7. The van der Waals surface area contributed by atoms with Gasteiger partial charge in [0.05, 0.1) is 27.3 Å². The van der Waals surface area contributed by atoms with E-state index in [2.05, 4.69) is 9.98 Å². The van der Waals surface area contributed by atoms with Crippen LogP contribution in [-0.2, 0) is 9.53 Å². The molecule has 4 aromatic rings. The van der Waals surface area contributed by atoms with Crippen molar-refractivity contribution < 1.29 is 18.9 Å². The molecule has 0 N–H and O–H groups in total. The summed E-state index contributed by atoms with van der Waals surface area (Å²) >= 11 is 1.20. The molecule has 1 aliphatic heterocycles. The Morgan fingerprint density at radius 3 is 2.68 bits per heavy atom. The number of ether oxygens (including phenoxy) is 1. The van der Waals surface area contributed by atoms with Gasteiger partial charge in [-0.2, -0.15) is 0 Å². The van der Waals surface area contributed by atoms with E-state index in [1.54, 1.807) is 62.6 Å². The Morgan fingerprint density at radius 2 is 1.97 bits per heavy atom. The molecule has 0 saturated heterocycles. The Morgan fingerprint density at radius 1 is 1.21 bits per heavy atom. The predicted molar refractivity (Wildman–Crippen MR) is 140 cm³/mol. The van der Waals surface area contributed by atoms with E-state index in [1.807, 2.05) is 6.92 Å². The van der Waals surface area contributed by atoms with Gasteiger partial charge in [0, 0.05) is 30.1 Å². The summed E-state index contributed by atoms with van der Waals surface area (Å²) < 4.78 is 13.4. The number of aryl methyl sites for hydroxylation is 1. The molecule has 1 aliphatic rings. The van der Waals surface area contributed by atoms with Crippen LogP contribution in [0.25, 0.3) is 17.4 Å². The van der Waals surface area contributed by atoms with Gasteiger partial charge in [0.1, 0.15) is 17.6 Å². The molecule has 0 amide bonds. The molecule has 5 rings (SSSR count). The molecule has 4 heterocycles. The minimum atomic E-state index is -0.933. The van der Waals surface area contributed by atoms with Crippen molar-refractivity contribution in [3.63, 3.8) is 0 Å². The summed E-state index contributed by atoms with van der Waals surface area (Å²) in [5.74, 6) is 0.0736. The van der Waals surface area contributed by atoms with Crippen molar-refractivity contribution >= 4 is 29.1 Å². The molecule has 1 aromatic carbocycles. The predicted octanol–water partition coefficient (Wildman–Crippen LogP) is 3.67. The number of nitro benzene ring substituents is 1. The van der Waals surface area contributed by atoms with Crippen LogP contribution in [-0.4, -0.2) is 27.1 Å². The van der Waals surface area contributed by atoms with Gasteiger partial charge in [-0.1, -0.05) is 17.4 Å². The Kier molecular flexibility index (Phi) is 6.60. The Hall–Kier alpha value is -4.64. The van der Waals surface area contributed by atoms with Crippen LogP contribution in [0.4, 0.5) is 5.69 Å². The first-order valence-corrected chi connectivity index (χ1v) is 12.5. The van der Waals surface area contributed by atoms with Crippen LogP contribution in [0.2, 0.25) is 0 Å². The first kappa shape index (κ1) is 25.0. The normalized spacial score (nSPS) is 15.2. The molecule has 11 heteroatoms. The molecule has 1 atom stereocenters. The van der Waals surface area contributed by atoms with Gasteiger partial charge in [0.25, 0.3) is 11.2 Å². The topological polar surface area (TPSA) is 130 Å². The van der Waals surface area contributed by atoms with Crippen molar-refractivity contribution in [2.75, 3.05) is 6.61 Å². The highest BCUT2D eigenvalue weighted by Gasteiger charge is 2.35. The Labute approximate surface area is 220 Å². The van der Waals surface area contributed by atoms with Crippen LogP contribution in [0.3, 0.4) is 0 Å². The maximum atomic E-state index is 13.7. The number of hydrogen-bond donors (Lipinski definition) is 0. The van der Waals surface area contributed by atoms with Crippen LogP contribution < -0.4 is 14.9 Å². The number of hydrogen-bond acceptors (Lipinski definition) is 9. The lowest BCUT2D eigenvalue weighted by molar-refractivity contribution is -0.384. The number of nitrogens with zero attached hydrogens (tertiary/aromatic N) is 4. The standard InChI is InChI=1S/C27H22N4O6S/c1-4-36-26(33)23-16(3)29-27-30(25(32)22(38-27)13-17-9-11-28-12-10-17)24(23)21-8-7-20(37-21)19-14-18(31(34)35)6-5-15(19)2/h5-14,24H,4H2,1-3H3/b22-13-/t24-/m1/s1. The van der Waals surface area contributed by atoms with Gasteiger partial charge in [-0.3, -0.25) is 24.5 Å². The lowest BCUT2D eigenvalue weighted by Crippen LogP contribution is -2.39. The molecular formula is C27H22N4O6S. The van der Waals surface area contributed by atoms with Crippen LogP contribution >= 0.6 is 11.3 Å². The number of carbonyl (C=O) groups excluding carboxylic acids is 1. The van der Waals surface area contributed by atoms with Crippen LogP contribution in [0.15, 0.2) is 80.3 Å². The number of aromatic nitrogens is 2. The number of thiazole rings is 1. The molecule has 192 valence electrons. The Bertz CT molecular complexity index is 1780. The van der Waals surface area contributed by atoms with E-state index in [0.29, 0.717) is 32.1 Å². The zero-order chi connectivity index (χ0) is 27.0. The third-order valence-corrected chi connectivity index (χ3v) is 7.10. The van der Waals surface area contributed by atoms with E-state index in [-0.39, 0.29) is 23.4 Å². The molecule has 0 unspecified atom stereocenters. The average Bonchev–Trinajstić information content (AvgIpc) is 3.49. The van der Waals surface area contributed by atoms with Gasteiger partial charge in [-0.05, 0) is 62.2 Å². The second-order valence-electron chi connectivity index (χ2n) is 8.54. The number of nitro groups is 1. The van der Waals surface area contributed by atoms with Crippen molar-refractivity contribution in [1.29, 1.82) is 0 Å². The first-order valence-electron chi connectivity index (χ1n) is 11.7. The van der Waals surface area contributed by atoms with Crippen LogP contribution in [0.1, 0.15) is 36.8 Å². The van der Waals surface area contributed by atoms with Gasteiger partial charge in [-0.25, -0.2) is 9.79 Å². The van der Waals surface area contributed by atoms with E-state index in [1.165, 1.54) is 28.0 Å². The zero-order valence-electron chi connectivity index (χ0n) is 20.7. The molecule has 0 spiro atoms.